The number of fused-ring (bicyclic) bond motifs is 1. The minimum atomic E-state index is -0.284. The van der Waals surface area contributed by atoms with Crippen LogP contribution in [0.5, 0.6) is 5.75 Å². The van der Waals surface area contributed by atoms with Crippen molar-refractivity contribution >= 4 is 11.0 Å². The van der Waals surface area contributed by atoms with Crippen LogP contribution in [0.3, 0.4) is 0 Å². The van der Waals surface area contributed by atoms with Crippen molar-refractivity contribution in [2.45, 2.75) is 38.5 Å². The molecule has 2 heterocycles. The van der Waals surface area contributed by atoms with Gasteiger partial charge in [-0.25, -0.2) is 4.39 Å². The third-order valence-corrected chi connectivity index (χ3v) is 5.54. The maximum atomic E-state index is 13.3. The van der Waals surface area contributed by atoms with E-state index >= 15 is 0 Å². The first kappa shape index (κ1) is 19.0. The van der Waals surface area contributed by atoms with Crippen molar-refractivity contribution in [3.05, 3.63) is 54.5 Å². The summed E-state index contributed by atoms with van der Waals surface area (Å²) in [6, 6.07) is 12.7. The molecule has 148 valence electrons. The Labute approximate surface area is 166 Å². The van der Waals surface area contributed by atoms with Crippen LogP contribution in [0.25, 0.3) is 22.1 Å². The van der Waals surface area contributed by atoms with Crippen LogP contribution in [-0.2, 0) is 0 Å². The predicted octanol–water partition coefficient (Wildman–Crippen LogP) is 6.27. The average Bonchev–Trinajstić information content (AvgIpc) is 3.10. The largest absolute Gasteiger partial charge is 0.494 e. The number of hydrogen-bond acceptors (Lipinski definition) is 3. The molecule has 1 fully saturated rings. The number of rotatable bonds is 6. The van der Waals surface area contributed by atoms with Gasteiger partial charge in [0, 0.05) is 23.6 Å². The molecular formula is C24H28FNO2. The van der Waals surface area contributed by atoms with Crippen molar-refractivity contribution in [3.8, 4) is 16.9 Å². The van der Waals surface area contributed by atoms with Crippen molar-refractivity contribution in [2.24, 2.45) is 0 Å². The lowest BCUT2D eigenvalue weighted by Gasteiger charge is -2.24. The lowest BCUT2D eigenvalue weighted by molar-refractivity contribution is 0.218. The van der Waals surface area contributed by atoms with Gasteiger partial charge in [-0.3, -0.25) is 0 Å². The molecule has 1 aliphatic heterocycles. The summed E-state index contributed by atoms with van der Waals surface area (Å²) in [5, 5.41) is 0.920. The van der Waals surface area contributed by atoms with Crippen LogP contribution in [0.4, 0.5) is 4.39 Å². The van der Waals surface area contributed by atoms with E-state index in [9.17, 15) is 4.39 Å². The Kier molecular flexibility index (Phi) is 6.27. The number of likely N-dealkylation sites (tertiary alicyclic amines) is 1. The van der Waals surface area contributed by atoms with Gasteiger partial charge in [0.05, 0.1) is 12.9 Å². The second kappa shape index (κ2) is 9.24. The zero-order chi connectivity index (χ0) is 19.2. The van der Waals surface area contributed by atoms with Gasteiger partial charge in [-0.15, -0.1) is 0 Å². The average molecular weight is 381 g/mol. The third-order valence-electron chi connectivity index (χ3n) is 5.54. The smallest absolute Gasteiger partial charge is 0.137 e. The molecule has 1 saturated heterocycles. The molecule has 28 heavy (non-hydrogen) atoms. The lowest BCUT2D eigenvalue weighted by Crippen LogP contribution is -2.29. The summed E-state index contributed by atoms with van der Waals surface area (Å²) >= 11 is 0. The summed E-state index contributed by atoms with van der Waals surface area (Å²) in [5.74, 6) is 0.600. The highest BCUT2D eigenvalue weighted by atomic mass is 19.1. The van der Waals surface area contributed by atoms with Crippen molar-refractivity contribution in [1.82, 2.24) is 4.90 Å². The quantitative estimate of drug-likeness (QED) is 0.470. The molecule has 1 aliphatic rings. The molecule has 3 aromatic rings. The predicted molar refractivity (Wildman–Crippen MR) is 111 cm³/mol. The van der Waals surface area contributed by atoms with E-state index in [-0.39, 0.29) is 5.82 Å². The molecule has 4 rings (SSSR count). The van der Waals surface area contributed by atoms with Gasteiger partial charge in [0.25, 0.3) is 0 Å². The summed E-state index contributed by atoms with van der Waals surface area (Å²) in [4.78, 5) is 2.58. The molecule has 2 aromatic carbocycles. The van der Waals surface area contributed by atoms with Gasteiger partial charge in [0.15, 0.2) is 0 Å². The zero-order valence-electron chi connectivity index (χ0n) is 16.3. The van der Waals surface area contributed by atoms with E-state index in [0.29, 0.717) is 5.58 Å². The van der Waals surface area contributed by atoms with E-state index < -0.39 is 0 Å². The molecule has 0 unspecified atom stereocenters. The molecule has 4 heteroatoms. The molecule has 0 saturated carbocycles. The minimum absolute atomic E-state index is 0.284. The fraction of sp³-hybridized carbons (Fsp3) is 0.417. The van der Waals surface area contributed by atoms with E-state index in [0.717, 1.165) is 41.8 Å². The Hall–Kier alpha value is -2.33. The van der Waals surface area contributed by atoms with Gasteiger partial charge < -0.3 is 14.1 Å². The van der Waals surface area contributed by atoms with Crippen LogP contribution >= 0.6 is 0 Å². The standard InChI is InChI=1S/C24H28FNO2/c25-20-9-12-22-23(18-28-24(22)17-20)19-7-10-21(11-8-19)27-16-6-15-26-13-4-2-1-3-5-14-26/h7-12,17-18H,1-6,13-16H2. The summed E-state index contributed by atoms with van der Waals surface area (Å²) in [6.07, 6.45) is 9.55. The number of benzene rings is 2. The molecule has 1 aromatic heterocycles. The topological polar surface area (TPSA) is 25.6 Å². The van der Waals surface area contributed by atoms with Gasteiger partial charge in [-0.1, -0.05) is 31.4 Å². The lowest BCUT2D eigenvalue weighted by atomic mass is 10.0. The van der Waals surface area contributed by atoms with Crippen LogP contribution in [0.1, 0.15) is 38.5 Å². The molecule has 0 aliphatic carbocycles. The fourth-order valence-electron chi connectivity index (χ4n) is 3.97. The van der Waals surface area contributed by atoms with E-state index in [4.69, 9.17) is 9.15 Å². The monoisotopic (exact) mass is 381 g/mol. The van der Waals surface area contributed by atoms with E-state index in [1.54, 1.807) is 12.3 Å². The number of halogens is 1. The summed E-state index contributed by atoms with van der Waals surface area (Å²) < 4.78 is 24.7. The molecule has 0 atom stereocenters. The maximum absolute atomic E-state index is 13.3. The van der Waals surface area contributed by atoms with Crippen LogP contribution in [0.2, 0.25) is 0 Å². The van der Waals surface area contributed by atoms with Crippen LogP contribution in [-0.4, -0.2) is 31.1 Å². The number of ether oxygens (including phenoxy) is 1. The molecule has 3 nitrogen and oxygen atoms in total. The zero-order valence-corrected chi connectivity index (χ0v) is 16.3. The van der Waals surface area contributed by atoms with E-state index in [1.807, 2.05) is 24.3 Å². The summed E-state index contributed by atoms with van der Waals surface area (Å²) in [7, 11) is 0. The Balaban J connectivity index is 1.29. The molecule has 0 N–H and O–H groups in total. The van der Waals surface area contributed by atoms with Crippen molar-refractivity contribution in [2.75, 3.05) is 26.2 Å². The molecule has 0 spiro atoms. The van der Waals surface area contributed by atoms with Gasteiger partial charge in [-0.2, -0.15) is 0 Å². The second-order valence-corrected chi connectivity index (χ2v) is 7.63. The number of nitrogens with zero attached hydrogens (tertiary/aromatic N) is 1. The first-order valence-electron chi connectivity index (χ1n) is 10.4. The number of hydrogen-bond donors (Lipinski definition) is 0. The third kappa shape index (κ3) is 4.74. The molecule has 0 amide bonds. The normalized spacial score (nSPS) is 16.0. The summed E-state index contributed by atoms with van der Waals surface area (Å²) in [6.45, 7) is 4.33. The van der Waals surface area contributed by atoms with Crippen LogP contribution in [0.15, 0.2) is 53.1 Å². The minimum Gasteiger partial charge on any atom is -0.494 e. The van der Waals surface area contributed by atoms with Crippen molar-refractivity contribution in [1.29, 1.82) is 0 Å². The Morgan fingerprint density at radius 1 is 0.929 bits per heavy atom. The van der Waals surface area contributed by atoms with E-state index in [2.05, 4.69) is 4.90 Å². The van der Waals surface area contributed by atoms with Gasteiger partial charge >= 0.3 is 0 Å². The molecular weight excluding hydrogens is 353 g/mol. The highest BCUT2D eigenvalue weighted by molar-refractivity contribution is 5.93. The first-order valence-corrected chi connectivity index (χ1v) is 10.4. The Morgan fingerprint density at radius 2 is 1.68 bits per heavy atom. The van der Waals surface area contributed by atoms with Crippen molar-refractivity contribution in [3.63, 3.8) is 0 Å². The fourth-order valence-corrected chi connectivity index (χ4v) is 3.97. The molecule has 0 radical (unpaired) electrons. The maximum Gasteiger partial charge on any atom is 0.137 e. The van der Waals surface area contributed by atoms with Gasteiger partial charge in [-0.05, 0) is 62.2 Å². The van der Waals surface area contributed by atoms with Crippen LogP contribution < -0.4 is 4.74 Å². The SMILES string of the molecule is Fc1ccc2c(-c3ccc(OCCCN4CCCCCCC4)cc3)coc2c1. The highest BCUT2D eigenvalue weighted by Crippen LogP contribution is 2.32. The van der Waals surface area contributed by atoms with Gasteiger partial charge in [0.1, 0.15) is 17.1 Å². The highest BCUT2D eigenvalue weighted by Gasteiger charge is 2.10. The van der Waals surface area contributed by atoms with E-state index in [1.165, 1.54) is 57.3 Å². The number of furan rings is 1. The Bertz CT molecular complexity index is 879. The van der Waals surface area contributed by atoms with Gasteiger partial charge in [0.2, 0.25) is 0 Å². The second-order valence-electron chi connectivity index (χ2n) is 7.63. The van der Waals surface area contributed by atoms with Crippen LogP contribution in [0, 0.1) is 5.82 Å². The first-order chi connectivity index (χ1) is 13.8. The molecule has 0 bridgehead atoms. The summed E-state index contributed by atoms with van der Waals surface area (Å²) in [5.41, 5.74) is 2.58. The Morgan fingerprint density at radius 3 is 2.46 bits per heavy atom. The van der Waals surface area contributed by atoms with Crippen molar-refractivity contribution < 1.29 is 13.5 Å².